The van der Waals surface area contributed by atoms with Crippen LogP contribution in [-0.2, 0) is 0 Å². The van der Waals surface area contributed by atoms with Gasteiger partial charge in [0.15, 0.2) is 0 Å². The summed E-state index contributed by atoms with van der Waals surface area (Å²) >= 11 is 6.06. The van der Waals surface area contributed by atoms with Crippen LogP contribution >= 0.6 is 11.6 Å². The van der Waals surface area contributed by atoms with Crippen LogP contribution in [-0.4, -0.2) is 30.4 Å². The van der Waals surface area contributed by atoms with Crippen LogP contribution in [0, 0.1) is 12.3 Å². The molecule has 1 fully saturated rings. The minimum atomic E-state index is 0.0501. The molecule has 18 heavy (non-hydrogen) atoms. The van der Waals surface area contributed by atoms with E-state index in [4.69, 9.17) is 17.3 Å². The zero-order valence-electron chi connectivity index (χ0n) is 10.9. The van der Waals surface area contributed by atoms with Gasteiger partial charge in [-0.25, -0.2) is 0 Å². The van der Waals surface area contributed by atoms with Crippen LogP contribution in [0.15, 0.2) is 18.2 Å². The molecule has 1 unspecified atom stereocenters. The lowest BCUT2D eigenvalue weighted by atomic mass is 9.90. The fourth-order valence-electron chi connectivity index (χ4n) is 2.27. The molecule has 1 aliphatic rings. The highest BCUT2D eigenvalue weighted by Crippen LogP contribution is 2.30. The lowest BCUT2D eigenvalue weighted by molar-refractivity contribution is 0.0777. The number of halogens is 1. The SMILES string of the molecule is Cc1ccc(C(=O)N2CCC(C)(CN)C2)cc1Cl. The average Bonchev–Trinajstić information content (AvgIpc) is 2.75. The van der Waals surface area contributed by atoms with Gasteiger partial charge in [-0.05, 0) is 43.0 Å². The Morgan fingerprint density at radius 1 is 1.56 bits per heavy atom. The predicted octanol–water partition coefficient (Wildman–Crippen LogP) is 2.46. The van der Waals surface area contributed by atoms with E-state index in [0.29, 0.717) is 17.1 Å². The molecular formula is C14H19ClN2O. The highest BCUT2D eigenvalue weighted by Gasteiger charge is 2.35. The molecule has 1 amide bonds. The molecule has 1 saturated heterocycles. The van der Waals surface area contributed by atoms with Gasteiger partial charge in [-0.3, -0.25) is 4.79 Å². The largest absolute Gasteiger partial charge is 0.338 e. The maximum Gasteiger partial charge on any atom is 0.253 e. The van der Waals surface area contributed by atoms with Crippen molar-refractivity contribution < 1.29 is 4.79 Å². The molecule has 1 aliphatic heterocycles. The summed E-state index contributed by atoms with van der Waals surface area (Å²) in [5, 5.41) is 0.640. The second-order valence-electron chi connectivity index (χ2n) is 5.46. The number of benzene rings is 1. The summed E-state index contributed by atoms with van der Waals surface area (Å²) in [6.45, 7) is 6.18. The molecule has 1 atom stereocenters. The Balaban J connectivity index is 2.15. The van der Waals surface area contributed by atoms with Crippen LogP contribution in [0.3, 0.4) is 0 Å². The zero-order valence-corrected chi connectivity index (χ0v) is 11.6. The lowest BCUT2D eigenvalue weighted by Gasteiger charge is -2.22. The molecule has 0 aliphatic carbocycles. The molecule has 0 aromatic heterocycles. The van der Waals surface area contributed by atoms with E-state index >= 15 is 0 Å². The maximum atomic E-state index is 12.3. The van der Waals surface area contributed by atoms with Gasteiger partial charge in [0.05, 0.1) is 0 Å². The van der Waals surface area contributed by atoms with Gasteiger partial charge in [0.1, 0.15) is 0 Å². The molecule has 4 heteroatoms. The van der Waals surface area contributed by atoms with Crippen molar-refractivity contribution in [1.29, 1.82) is 0 Å². The minimum Gasteiger partial charge on any atom is -0.338 e. The van der Waals surface area contributed by atoms with Gasteiger partial charge in [0.25, 0.3) is 5.91 Å². The Labute approximate surface area is 113 Å². The van der Waals surface area contributed by atoms with E-state index in [2.05, 4.69) is 6.92 Å². The van der Waals surface area contributed by atoms with Gasteiger partial charge in [-0.2, -0.15) is 0 Å². The van der Waals surface area contributed by atoms with Crippen molar-refractivity contribution in [3.63, 3.8) is 0 Å². The van der Waals surface area contributed by atoms with Gasteiger partial charge in [-0.15, -0.1) is 0 Å². The first-order chi connectivity index (χ1) is 8.45. The Morgan fingerprint density at radius 3 is 2.83 bits per heavy atom. The van der Waals surface area contributed by atoms with E-state index in [0.717, 1.165) is 25.1 Å². The normalized spacial score (nSPS) is 23.4. The van der Waals surface area contributed by atoms with Crippen molar-refractivity contribution in [2.45, 2.75) is 20.3 Å². The van der Waals surface area contributed by atoms with E-state index in [1.807, 2.05) is 24.0 Å². The smallest absolute Gasteiger partial charge is 0.253 e. The highest BCUT2D eigenvalue weighted by molar-refractivity contribution is 6.31. The number of carbonyl (C=O) groups excluding carboxylic acids is 1. The van der Waals surface area contributed by atoms with Gasteiger partial charge in [0.2, 0.25) is 0 Å². The van der Waals surface area contributed by atoms with Crippen LogP contribution in [0.1, 0.15) is 29.3 Å². The van der Waals surface area contributed by atoms with Crippen LogP contribution in [0.25, 0.3) is 0 Å². The van der Waals surface area contributed by atoms with Crippen LogP contribution < -0.4 is 5.73 Å². The number of likely N-dealkylation sites (tertiary alicyclic amines) is 1. The summed E-state index contributed by atoms with van der Waals surface area (Å²) in [4.78, 5) is 14.2. The predicted molar refractivity (Wildman–Crippen MR) is 73.9 cm³/mol. The van der Waals surface area contributed by atoms with E-state index < -0.39 is 0 Å². The van der Waals surface area contributed by atoms with Gasteiger partial charge in [0, 0.05) is 23.7 Å². The van der Waals surface area contributed by atoms with Crippen molar-refractivity contribution >= 4 is 17.5 Å². The van der Waals surface area contributed by atoms with Crippen molar-refractivity contribution in [1.82, 2.24) is 4.90 Å². The third kappa shape index (κ3) is 2.52. The minimum absolute atomic E-state index is 0.0501. The Morgan fingerprint density at radius 2 is 2.28 bits per heavy atom. The summed E-state index contributed by atoms with van der Waals surface area (Å²) in [7, 11) is 0. The second-order valence-corrected chi connectivity index (χ2v) is 5.86. The van der Waals surface area contributed by atoms with Crippen LogP contribution in [0.2, 0.25) is 5.02 Å². The number of hydrogen-bond acceptors (Lipinski definition) is 2. The van der Waals surface area contributed by atoms with Crippen LogP contribution in [0.5, 0.6) is 0 Å². The van der Waals surface area contributed by atoms with E-state index in [1.165, 1.54) is 0 Å². The fourth-order valence-corrected chi connectivity index (χ4v) is 2.45. The van der Waals surface area contributed by atoms with Crippen molar-refractivity contribution in [3.05, 3.63) is 34.3 Å². The third-order valence-electron chi connectivity index (χ3n) is 3.76. The van der Waals surface area contributed by atoms with Crippen LogP contribution in [0.4, 0.5) is 0 Å². The molecule has 1 heterocycles. The topological polar surface area (TPSA) is 46.3 Å². The summed E-state index contributed by atoms with van der Waals surface area (Å²) in [6, 6.07) is 5.47. The van der Waals surface area contributed by atoms with Crippen molar-refractivity contribution in [2.75, 3.05) is 19.6 Å². The number of hydrogen-bond donors (Lipinski definition) is 1. The maximum absolute atomic E-state index is 12.3. The Hall–Kier alpha value is -1.06. The summed E-state index contributed by atoms with van der Waals surface area (Å²) in [5.74, 6) is 0.0501. The molecule has 3 nitrogen and oxygen atoms in total. The summed E-state index contributed by atoms with van der Waals surface area (Å²) in [6.07, 6.45) is 0.967. The number of nitrogens with zero attached hydrogens (tertiary/aromatic N) is 1. The number of amides is 1. The number of rotatable bonds is 2. The Kier molecular flexibility index (Phi) is 3.64. The molecule has 0 saturated carbocycles. The molecule has 0 radical (unpaired) electrons. The van der Waals surface area contributed by atoms with Gasteiger partial charge < -0.3 is 10.6 Å². The van der Waals surface area contributed by atoms with E-state index in [-0.39, 0.29) is 11.3 Å². The van der Waals surface area contributed by atoms with E-state index in [9.17, 15) is 4.79 Å². The molecular weight excluding hydrogens is 248 g/mol. The molecule has 2 rings (SSSR count). The first-order valence-corrected chi connectivity index (χ1v) is 6.58. The van der Waals surface area contributed by atoms with Gasteiger partial charge in [-0.1, -0.05) is 24.6 Å². The first kappa shape index (κ1) is 13.4. The number of nitrogens with two attached hydrogens (primary N) is 1. The Bertz CT molecular complexity index is 475. The quantitative estimate of drug-likeness (QED) is 0.894. The standard InChI is InChI=1S/C14H19ClN2O/c1-10-3-4-11(7-12(10)15)13(18)17-6-5-14(2,8-16)9-17/h3-4,7H,5-6,8-9,16H2,1-2H3. The molecule has 2 N–H and O–H groups in total. The number of aryl methyl sites for hydroxylation is 1. The van der Waals surface area contributed by atoms with Crippen molar-refractivity contribution in [3.8, 4) is 0 Å². The van der Waals surface area contributed by atoms with Gasteiger partial charge >= 0.3 is 0 Å². The molecule has 1 aromatic rings. The van der Waals surface area contributed by atoms with E-state index in [1.54, 1.807) is 6.07 Å². The summed E-state index contributed by atoms with van der Waals surface area (Å²) in [5.41, 5.74) is 7.46. The highest BCUT2D eigenvalue weighted by atomic mass is 35.5. The summed E-state index contributed by atoms with van der Waals surface area (Å²) < 4.78 is 0. The number of carbonyl (C=O) groups is 1. The fraction of sp³-hybridized carbons (Fsp3) is 0.500. The van der Waals surface area contributed by atoms with Crippen molar-refractivity contribution in [2.24, 2.45) is 11.1 Å². The first-order valence-electron chi connectivity index (χ1n) is 6.21. The second kappa shape index (κ2) is 4.90. The molecule has 98 valence electrons. The average molecular weight is 267 g/mol. The molecule has 0 spiro atoms. The third-order valence-corrected chi connectivity index (χ3v) is 4.16. The molecule has 0 bridgehead atoms. The molecule has 1 aromatic carbocycles. The monoisotopic (exact) mass is 266 g/mol. The lowest BCUT2D eigenvalue weighted by Crippen LogP contribution is -2.34. The zero-order chi connectivity index (χ0) is 13.3.